The SMILES string of the molecule is CCCCCCCCCCCCCCCCOc1ccc(C(=O)Nc2ccc(S(=O)(=O)Nc3cccc4ccccc34)cc2)cc1S(=O)(=O)[O-].[Na+]. The molecule has 0 fully saturated rings. The molecule has 0 atom stereocenters. The summed E-state index contributed by atoms with van der Waals surface area (Å²) in [6.45, 7) is 2.50. The van der Waals surface area contributed by atoms with Crippen molar-refractivity contribution in [1.29, 1.82) is 0 Å². The van der Waals surface area contributed by atoms with Gasteiger partial charge in [-0.15, -0.1) is 0 Å². The van der Waals surface area contributed by atoms with Gasteiger partial charge in [-0.05, 0) is 60.3 Å². The van der Waals surface area contributed by atoms with Gasteiger partial charge in [0.1, 0.15) is 15.9 Å². The van der Waals surface area contributed by atoms with Crippen LogP contribution in [-0.4, -0.2) is 33.9 Å². The van der Waals surface area contributed by atoms with E-state index in [0.29, 0.717) is 5.69 Å². The molecule has 4 aromatic rings. The fourth-order valence-corrected chi connectivity index (χ4v) is 7.61. The molecule has 0 unspecified atom stereocenters. The normalized spacial score (nSPS) is 11.6. The van der Waals surface area contributed by atoms with Crippen LogP contribution in [0.2, 0.25) is 0 Å². The Morgan fingerprint density at radius 1 is 0.686 bits per heavy atom. The summed E-state index contributed by atoms with van der Waals surface area (Å²) in [6.07, 6.45) is 17.0. The molecule has 0 heterocycles. The van der Waals surface area contributed by atoms with Gasteiger partial charge in [0.15, 0.2) is 0 Å². The van der Waals surface area contributed by atoms with Crippen LogP contribution in [0.3, 0.4) is 0 Å². The number of carbonyl (C=O) groups is 1. The molecule has 2 N–H and O–H groups in total. The number of hydrogen-bond acceptors (Lipinski definition) is 7. The number of carbonyl (C=O) groups excluding carboxylic acids is 1. The predicted octanol–water partition coefficient (Wildman–Crippen LogP) is 6.66. The molecule has 0 aromatic heterocycles. The molecule has 4 aromatic carbocycles. The van der Waals surface area contributed by atoms with E-state index in [4.69, 9.17) is 4.74 Å². The smallest absolute Gasteiger partial charge is 0.744 e. The monoisotopic (exact) mass is 744 g/mol. The Morgan fingerprint density at radius 2 is 1.25 bits per heavy atom. The quantitative estimate of drug-likeness (QED) is 0.0521. The molecular formula is C39H49N2NaO7S2. The van der Waals surface area contributed by atoms with Crippen LogP contribution in [0.4, 0.5) is 11.4 Å². The summed E-state index contributed by atoms with van der Waals surface area (Å²) < 4.78 is 70.6. The van der Waals surface area contributed by atoms with Crippen molar-refractivity contribution in [2.24, 2.45) is 0 Å². The van der Waals surface area contributed by atoms with Crippen LogP contribution in [0, 0.1) is 0 Å². The molecule has 0 aliphatic rings. The standard InChI is InChI=1S/C39H50N2O7S2.Na/c1-2-3-4-5-6-7-8-9-10-11-12-13-14-17-29-48-37-28-23-32(30-38(37)50(45,46)47)39(42)40-33-24-26-34(27-25-33)49(43,44)41-36-22-18-20-31-19-15-16-21-35(31)36;/h15-16,18-28,30,41H,2-14,17,29H2,1H3,(H,40,42)(H,45,46,47);/q;+1/p-1. The average Bonchev–Trinajstić information content (AvgIpc) is 3.10. The van der Waals surface area contributed by atoms with Crippen LogP contribution >= 0.6 is 0 Å². The van der Waals surface area contributed by atoms with E-state index in [0.717, 1.165) is 42.5 Å². The summed E-state index contributed by atoms with van der Waals surface area (Å²) >= 11 is 0. The number of ether oxygens (including phenoxy) is 1. The van der Waals surface area contributed by atoms with Crippen molar-refractivity contribution in [3.05, 3.63) is 90.5 Å². The van der Waals surface area contributed by atoms with Crippen molar-refractivity contribution in [2.45, 2.75) is 107 Å². The van der Waals surface area contributed by atoms with Crippen LogP contribution in [-0.2, 0) is 20.1 Å². The van der Waals surface area contributed by atoms with Gasteiger partial charge < -0.3 is 14.6 Å². The third-order valence-electron chi connectivity index (χ3n) is 8.69. The number of hydrogen-bond donors (Lipinski definition) is 2. The second kappa shape index (κ2) is 21.6. The van der Waals surface area contributed by atoms with Crippen LogP contribution in [0.1, 0.15) is 107 Å². The second-order valence-corrected chi connectivity index (χ2v) is 15.7. The van der Waals surface area contributed by atoms with Gasteiger partial charge in [-0.3, -0.25) is 9.52 Å². The van der Waals surface area contributed by atoms with Crippen LogP contribution in [0.25, 0.3) is 10.8 Å². The summed E-state index contributed by atoms with van der Waals surface area (Å²) in [7, 11) is -8.85. The van der Waals surface area contributed by atoms with E-state index in [-0.39, 0.29) is 58.1 Å². The average molecular weight is 745 g/mol. The number of fused-ring (bicyclic) bond motifs is 1. The first-order valence-corrected chi connectivity index (χ1v) is 20.6. The van der Waals surface area contributed by atoms with Gasteiger partial charge in [0.05, 0.1) is 22.1 Å². The number of nitrogens with one attached hydrogen (secondary N) is 2. The maximum Gasteiger partial charge on any atom is 1.00 e. The van der Waals surface area contributed by atoms with Crippen molar-refractivity contribution >= 4 is 48.2 Å². The fourth-order valence-electron chi connectivity index (χ4n) is 5.88. The van der Waals surface area contributed by atoms with E-state index in [1.54, 1.807) is 12.1 Å². The molecule has 0 aliphatic heterocycles. The Balaban J connectivity index is 0.00000702. The van der Waals surface area contributed by atoms with E-state index >= 15 is 0 Å². The van der Waals surface area contributed by atoms with E-state index in [2.05, 4.69) is 17.0 Å². The van der Waals surface area contributed by atoms with Gasteiger partial charge in [0, 0.05) is 16.6 Å². The molecule has 0 saturated carbocycles. The number of rotatable bonds is 22. The molecule has 1 amide bonds. The van der Waals surface area contributed by atoms with Gasteiger partial charge in [0.25, 0.3) is 15.9 Å². The van der Waals surface area contributed by atoms with Crippen molar-refractivity contribution in [3.8, 4) is 5.75 Å². The van der Waals surface area contributed by atoms with Crippen molar-refractivity contribution in [2.75, 3.05) is 16.6 Å². The Bertz CT molecular complexity index is 1900. The first-order valence-electron chi connectivity index (χ1n) is 17.7. The van der Waals surface area contributed by atoms with Gasteiger partial charge in [-0.25, -0.2) is 16.8 Å². The van der Waals surface area contributed by atoms with Crippen molar-refractivity contribution < 1.29 is 60.5 Å². The summed E-state index contributed by atoms with van der Waals surface area (Å²) in [6, 6.07) is 22.0. The van der Waals surface area contributed by atoms with Crippen LogP contribution in [0.15, 0.2) is 94.7 Å². The minimum Gasteiger partial charge on any atom is -0.744 e. The number of benzene rings is 4. The Kier molecular flexibility index (Phi) is 18.0. The Morgan fingerprint density at radius 3 is 1.86 bits per heavy atom. The zero-order valence-corrected chi connectivity index (χ0v) is 33.5. The molecule has 270 valence electrons. The molecule has 0 spiro atoms. The minimum atomic E-state index is -4.92. The minimum absolute atomic E-state index is 0. The van der Waals surface area contributed by atoms with E-state index in [1.165, 1.54) is 101 Å². The van der Waals surface area contributed by atoms with Crippen molar-refractivity contribution in [1.82, 2.24) is 0 Å². The third kappa shape index (κ3) is 13.9. The molecule has 0 radical (unpaired) electrons. The fraction of sp³-hybridized carbons (Fsp3) is 0.410. The summed E-state index contributed by atoms with van der Waals surface area (Å²) in [5.41, 5.74) is 0.665. The molecular weight excluding hydrogens is 696 g/mol. The van der Waals surface area contributed by atoms with Gasteiger partial charge in [-0.2, -0.15) is 0 Å². The summed E-state index contributed by atoms with van der Waals surface area (Å²) in [5.74, 6) is -0.752. The maximum absolute atomic E-state index is 13.1. The number of anilines is 2. The first kappa shape index (κ1) is 42.5. The number of unbranched alkanes of at least 4 members (excludes halogenated alkanes) is 13. The number of sulfonamides is 1. The van der Waals surface area contributed by atoms with E-state index in [1.807, 2.05) is 30.3 Å². The summed E-state index contributed by atoms with van der Waals surface area (Å²) in [4.78, 5) is 12.4. The zero-order chi connectivity index (χ0) is 35.8. The van der Waals surface area contributed by atoms with Gasteiger partial charge in [-0.1, -0.05) is 127 Å². The van der Waals surface area contributed by atoms with Gasteiger partial charge in [0.2, 0.25) is 0 Å². The largest absolute Gasteiger partial charge is 1.00 e. The van der Waals surface area contributed by atoms with Gasteiger partial charge >= 0.3 is 29.6 Å². The van der Waals surface area contributed by atoms with Crippen LogP contribution in [0.5, 0.6) is 5.75 Å². The first-order chi connectivity index (χ1) is 24.1. The molecule has 9 nitrogen and oxygen atoms in total. The van der Waals surface area contributed by atoms with E-state index in [9.17, 15) is 26.2 Å². The molecule has 4 rings (SSSR count). The molecule has 51 heavy (non-hydrogen) atoms. The number of amides is 1. The molecule has 0 saturated heterocycles. The third-order valence-corrected chi connectivity index (χ3v) is 10.9. The zero-order valence-electron chi connectivity index (χ0n) is 29.9. The molecule has 12 heteroatoms. The topological polar surface area (TPSA) is 142 Å². The van der Waals surface area contributed by atoms with E-state index < -0.39 is 30.9 Å². The maximum atomic E-state index is 13.1. The second-order valence-electron chi connectivity index (χ2n) is 12.7. The summed E-state index contributed by atoms with van der Waals surface area (Å²) in [5, 5.41) is 4.27. The van der Waals surface area contributed by atoms with Crippen molar-refractivity contribution in [3.63, 3.8) is 0 Å². The van der Waals surface area contributed by atoms with Crippen LogP contribution < -0.4 is 44.3 Å². The molecule has 0 aliphatic carbocycles. The Labute approximate surface area is 326 Å². The Hall–Kier alpha value is -2.93. The molecule has 0 bridgehead atoms. The predicted molar refractivity (Wildman–Crippen MR) is 199 cm³/mol.